The largest absolute Gasteiger partial charge is 0.312 e. The maximum atomic E-state index is 13.0. The highest BCUT2D eigenvalue weighted by atomic mass is 35.5. The van der Waals surface area contributed by atoms with E-state index in [2.05, 4.69) is 33.5 Å². The molecule has 1 unspecified atom stereocenters. The monoisotopic (exact) mass is 409 g/mol. The summed E-state index contributed by atoms with van der Waals surface area (Å²) in [4.78, 5) is 2.59. The molecule has 146 valence electrons. The molecular weight excluding hydrogens is 386 g/mol. The summed E-state index contributed by atoms with van der Waals surface area (Å²) in [6, 6.07) is 7.07. The average molecular weight is 410 g/mol. The highest BCUT2D eigenvalue weighted by Crippen LogP contribution is 2.31. The maximum absolute atomic E-state index is 13.0. The van der Waals surface area contributed by atoms with Gasteiger partial charge in [0, 0.05) is 31.6 Å². The first-order valence-corrected chi connectivity index (χ1v) is 11.1. The Hall–Kier alpha value is -1.48. The van der Waals surface area contributed by atoms with E-state index < -0.39 is 10.0 Å². The second-order valence-corrected chi connectivity index (χ2v) is 9.78. The fourth-order valence-corrected chi connectivity index (χ4v) is 5.80. The molecular formula is C18H24ClN5O2S. The van der Waals surface area contributed by atoms with Gasteiger partial charge in [-0.1, -0.05) is 23.7 Å². The molecule has 1 fully saturated rings. The lowest BCUT2D eigenvalue weighted by atomic mass is 10.1. The van der Waals surface area contributed by atoms with E-state index in [1.54, 1.807) is 24.3 Å². The zero-order valence-corrected chi connectivity index (χ0v) is 17.1. The number of aromatic nitrogens is 3. The van der Waals surface area contributed by atoms with Crippen molar-refractivity contribution >= 4 is 21.6 Å². The molecule has 0 aliphatic carbocycles. The van der Waals surface area contributed by atoms with Crippen molar-refractivity contribution in [3.05, 3.63) is 40.9 Å². The van der Waals surface area contributed by atoms with Gasteiger partial charge in [0.15, 0.2) is 0 Å². The van der Waals surface area contributed by atoms with Gasteiger partial charge in [-0.3, -0.25) is 0 Å². The van der Waals surface area contributed by atoms with Crippen LogP contribution in [0, 0.1) is 0 Å². The van der Waals surface area contributed by atoms with Gasteiger partial charge in [0.05, 0.1) is 11.6 Å². The zero-order chi connectivity index (χ0) is 19.2. The normalized spacial score (nSPS) is 21.7. The van der Waals surface area contributed by atoms with E-state index in [1.807, 2.05) is 0 Å². The van der Waals surface area contributed by atoms with E-state index in [0.29, 0.717) is 30.9 Å². The molecule has 9 heteroatoms. The van der Waals surface area contributed by atoms with E-state index in [1.165, 1.54) is 4.31 Å². The smallest absolute Gasteiger partial charge is 0.245 e. The Bertz CT molecular complexity index is 943. The first kappa shape index (κ1) is 18.9. The highest BCUT2D eigenvalue weighted by molar-refractivity contribution is 7.89. The third-order valence-corrected chi connectivity index (χ3v) is 7.86. The van der Waals surface area contributed by atoms with Gasteiger partial charge < -0.3 is 9.47 Å². The lowest BCUT2D eigenvalue weighted by molar-refractivity contribution is 0.270. The molecule has 1 aromatic heterocycles. The molecule has 0 amide bonds. The van der Waals surface area contributed by atoms with Crippen molar-refractivity contribution in [2.24, 2.45) is 0 Å². The number of nitrogens with zero attached hydrogens (tertiary/aromatic N) is 5. The number of sulfonamides is 1. The van der Waals surface area contributed by atoms with E-state index >= 15 is 0 Å². The number of likely N-dealkylation sites (tertiary alicyclic amines) is 1. The summed E-state index contributed by atoms with van der Waals surface area (Å²) < 4.78 is 29.5. The maximum Gasteiger partial charge on any atom is 0.245 e. The average Bonchev–Trinajstić information content (AvgIpc) is 3.28. The Morgan fingerprint density at radius 3 is 2.63 bits per heavy atom. The van der Waals surface area contributed by atoms with Gasteiger partial charge in [0.1, 0.15) is 16.5 Å². The minimum absolute atomic E-state index is 0.142. The number of hydrogen-bond donors (Lipinski definition) is 0. The molecule has 3 heterocycles. The molecule has 0 radical (unpaired) electrons. The molecule has 0 bridgehead atoms. The Balaban J connectivity index is 1.56. The van der Waals surface area contributed by atoms with E-state index in [0.717, 1.165) is 25.3 Å². The van der Waals surface area contributed by atoms with Crippen LogP contribution >= 0.6 is 11.6 Å². The SMILES string of the molecule is CC(C)N1CCC(c2nnc3n2CCN(S(=O)(=O)c2ccccc2Cl)C3)C1. The van der Waals surface area contributed by atoms with Crippen LogP contribution in [0.1, 0.15) is 37.8 Å². The van der Waals surface area contributed by atoms with Crippen molar-refractivity contribution in [2.75, 3.05) is 19.6 Å². The number of fused-ring (bicyclic) bond motifs is 1. The van der Waals surface area contributed by atoms with Gasteiger partial charge in [-0.05, 0) is 38.9 Å². The third kappa shape index (κ3) is 3.40. The lowest BCUT2D eigenvalue weighted by Crippen LogP contribution is -2.39. The van der Waals surface area contributed by atoms with Crippen LogP contribution in [0.4, 0.5) is 0 Å². The van der Waals surface area contributed by atoms with Crippen LogP contribution in [0.2, 0.25) is 5.02 Å². The molecule has 1 aromatic carbocycles. The summed E-state index contributed by atoms with van der Waals surface area (Å²) in [6.07, 6.45) is 1.07. The van der Waals surface area contributed by atoms with Gasteiger partial charge in [0.2, 0.25) is 10.0 Å². The molecule has 0 spiro atoms. The molecule has 4 rings (SSSR count). The number of benzene rings is 1. The molecule has 2 aromatic rings. The molecule has 0 saturated carbocycles. The summed E-state index contributed by atoms with van der Waals surface area (Å²) in [5.41, 5.74) is 0. The predicted octanol–water partition coefficient (Wildman–Crippen LogP) is 2.33. The van der Waals surface area contributed by atoms with Crippen LogP contribution in [0.3, 0.4) is 0 Å². The van der Waals surface area contributed by atoms with E-state index in [9.17, 15) is 8.42 Å². The highest BCUT2D eigenvalue weighted by Gasteiger charge is 2.35. The van der Waals surface area contributed by atoms with Crippen molar-refractivity contribution in [1.29, 1.82) is 0 Å². The molecule has 7 nitrogen and oxygen atoms in total. The van der Waals surface area contributed by atoms with Crippen LogP contribution in [0.15, 0.2) is 29.2 Å². The van der Waals surface area contributed by atoms with Crippen LogP contribution in [0.5, 0.6) is 0 Å². The number of halogens is 1. The first-order valence-electron chi connectivity index (χ1n) is 9.28. The minimum Gasteiger partial charge on any atom is -0.312 e. The van der Waals surface area contributed by atoms with E-state index in [-0.39, 0.29) is 16.5 Å². The van der Waals surface area contributed by atoms with Crippen LogP contribution in [0.25, 0.3) is 0 Å². The van der Waals surface area contributed by atoms with Crippen molar-refractivity contribution < 1.29 is 8.42 Å². The summed E-state index contributed by atoms with van der Waals surface area (Å²) in [7, 11) is -3.65. The fraction of sp³-hybridized carbons (Fsp3) is 0.556. The van der Waals surface area contributed by atoms with Gasteiger partial charge in [-0.25, -0.2) is 8.42 Å². The Labute approximate surface area is 165 Å². The molecule has 0 N–H and O–H groups in total. The fourth-order valence-electron chi connectivity index (χ4n) is 3.93. The molecule has 2 aliphatic heterocycles. The Morgan fingerprint density at radius 1 is 1.15 bits per heavy atom. The van der Waals surface area contributed by atoms with Gasteiger partial charge >= 0.3 is 0 Å². The predicted molar refractivity (Wildman–Crippen MR) is 103 cm³/mol. The second kappa shape index (κ2) is 7.16. The lowest BCUT2D eigenvalue weighted by Gasteiger charge is -2.28. The van der Waals surface area contributed by atoms with Crippen LogP contribution < -0.4 is 0 Å². The molecule has 27 heavy (non-hydrogen) atoms. The van der Waals surface area contributed by atoms with Crippen LogP contribution in [-0.2, 0) is 23.1 Å². The quantitative estimate of drug-likeness (QED) is 0.775. The van der Waals surface area contributed by atoms with Gasteiger partial charge in [-0.2, -0.15) is 4.31 Å². The Kier molecular flexibility index (Phi) is 5.00. The van der Waals surface area contributed by atoms with Crippen molar-refractivity contribution in [3.8, 4) is 0 Å². The standard InChI is InChI=1S/C18H24ClN5O2S/c1-13(2)22-8-7-14(11-22)18-21-20-17-12-23(9-10-24(17)18)27(25,26)16-6-4-3-5-15(16)19/h3-6,13-14H,7-12H2,1-2H3. The molecule has 1 atom stereocenters. The zero-order valence-electron chi connectivity index (χ0n) is 15.5. The number of hydrogen-bond acceptors (Lipinski definition) is 5. The summed E-state index contributed by atoms with van der Waals surface area (Å²) in [6.45, 7) is 7.65. The van der Waals surface area contributed by atoms with Gasteiger partial charge in [-0.15, -0.1) is 10.2 Å². The van der Waals surface area contributed by atoms with Crippen LogP contribution in [-0.4, -0.2) is 58.1 Å². The summed E-state index contributed by atoms with van der Waals surface area (Å²) in [5.74, 6) is 2.05. The minimum atomic E-state index is -3.65. The van der Waals surface area contributed by atoms with Gasteiger partial charge in [0.25, 0.3) is 0 Å². The topological polar surface area (TPSA) is 71.3 Å². The summed E-state index contributed by atoms with van der Waals surface area (Å²) in [5, 5.41) is 8.97. The first-order chi connectivity index (χ1) is 12.9. The van der Waals surface area contributed by atoms with Crippen molar-refractivity contribution in [2.45, 2.75) is 50.2 Å². The third-order valence-electron chi connectivity index (χ3n) is 5.52. The number of rotatable bonds is 4. The van der Waals surface area contributed by atoms with Crippen molar-refractivity contribution in [3.63, 3.8) is 0 Å². The van der Waals surface area contributed by atoms with Crippen molar-refractivity contribution in [1.82, 2.24) is 24.0 Å². The second-order valence-electron chi connectivity index (χ2n) is 7.47. The van der Waals surface area contributed by atoms with E-state index in [4.69, 9.17) is 11.6 Å². The summed E-state index contributed by atoms with van der Waals surface area (Å²) >= 11 is 6.11. The molecule has 1 saturated heterocycles. The molecule has 2 aliphatic rings. The Morgan fingerprint density at radius 2 is 1.93 bits per heavy atom.